The van der Waals surface area contributed by atoms with Crippen LogP contribution in [-0.4, -0.2) is 21.4 Å². The van der Waals surface area contributed by atoms with Crippen molar-refractivity contribution in [3.8, 4) is 17.1 Å². The zero-order valence-electron chi connectivity index (χ0n) is 14.2. The van der Waals surface area contributed by atoms with Crippen LogP contribution in [0.25, 0.3) is 11.4 Å². The fourth-order valence-electron chi connectivity index (χ4n) is 2.78. The number of thioether (sulfide) groups is 1. The van der Waals surface area contributed by atoms with Crippen molar-refractivity contribution in [1.29, 1.82) is 0 Å². The van der Waals surface area contributed by atoms with E-state index in [1.165, 1.54) is 30.0 Å². The first-order valence-electron chi connectivity index (χ1n) is 8.48. The van der Waals surface area contributed by atoms with Gasteiger partial charge in [0.25, 0.3) is 0 Å². The summed E-state index contributed by atoms with van der Waals surface area (Å²) in [6, 6.07) is 13.3. The monoisotopic (exact) mass is 391 g/mol. The van der Waals surface area contributed by atoms with E-state index in [4.69, 9.17) is 0 Å². The average molecular weight is 391 g/mol. The highest BCUT2D eigenvalue weighted by atomic mass is 32.2. The van der Waals surface area contributed by atoms with Crippen LogP contribution in [0.15, 0.2) is 53.7 Å². The lowest BCUT2D eigenvalue weighted by Gasteiger charge is -2.09. The third-order valence-corrected chi connectivity index (χ3v) is 5.22. The summed E-state index contributed by atoms with van der Waals surface area (Å²) in [4.78, 5) is 0. The van der Waals surface area contributed by atoms with Gasteiger partial charge in [0.15, 0.2) is 11.0 Å². The fraction of sp³-hybridized carbons (Fsp3) is 0.263. The summed E-state index contributed by atoms with van der Waals surface area (Å²) in [5.41, 5.74) is 1.39. The molecule has 1 saturated carbocycles. The molecule has 0 N–H and O–H groups in total. The highest BCUT2D eigenvalue weighted by molar-refractivity contribution is 7.98. The first kappa shape index (κ1) is 17.9. The van der Waals surface area contributed by atoms with Gasteiger partial charge in [0.1, 0.15) is 11.6 Å². The van der Waals surface area contributed by atoms with Crippen LogP contribution in [0.5, 0.6) is 5.75 Å². The van der Waals surface area contributed by atoms with E-state index in [0.717, 1.165) is 23.6 Å². The molecule has 140 valence electrons. The van der Waals surface area contributed by atoms with Crippen molar-refractivity contribution in [2.24, 2.45) is 0 Å². The van der Waals surface area contributed by atoms with E-state index in [9.17, 15) is 13.2 Å². The second-order valence-corrected chi connectivity index (χ2v) is 7.14. The predicted molar refractivity (Wildman–Crippen MR) is 96.3 cm³/mol. The second-order valence-electron chi connectivity index (χ2n) is 6.20. The Morgan fingerprint density at radius 1 is 1.07 bits per heavy atom. The lowest BCUT2D eigenvalue weighted by molar-refractivity contribution is -0.0498. The molecule has 1 fully saturated rings. The Labute approximate surface area is 158 Å². The molecular weight excluding hydrogens is 375 g/mol. The fourth-order valence-corrected chi connectivity index (χ4v) is 3.74. The third-order valence-electron chi connectivity index (χ3n) is 4.21. The molecule has 27 heavy (non-hydrogen) atoms. The number of hydrogen-bond donors (Lipinski definition) is 0. The Kier molecular flexibility index (Phi) is 5.07. The quantitative estimate of drug-likeness (QED) is 0.512. The van der Waals surface area contributed by atoms with Crippen LogP contribution in [0.2, 0.25) is 0 Å². The van der Waals surface area contributed by atoms with Gasteiger partial charge < -0.3 is 4.74 Å². The molecule has 0 unspecified atom stereocenters. The average Bonchev–Trinajstić information content (AvgIpc) is 3.41. The maximum Gasteiger partial charge on any atom is 0.387 e. The summed E-state index contributed by atoms with van der Waals surface area (Å²) in [6.45, 7) is -2.83. The van der Waals surface area contributed by atoms with Crippen LogP contribution in [0.4, 0.5) is 13.2 Å². The zero-order chi connectivity index (χ0) is 18.8. The van der Waals surface area contributed by atoms with Gasteiger partial charge in [-0.25, -0.2) is 4.39 Å². The Bertz CT molecular complexity index is 926. The molecule has 0 radical (unpaired) electrons. The SMILES string of the molecule is Fc1ccccc1-c1nnc(SCc2ccc(OC(F)F)cc2)n1C1CC1. The summed E-state index contributed by atoms with van der Waals surface area (Å²) in [5.74, 6) is 0.940. The molecule has 4 rings (SSSR count). The van der Waals surface area contributed by atoms with Gasteiger partial charge in [-0.2, -0.15) is 8.78 Å². The van der Waals surface area contributed by atoms with Gasteiger partial charge in [0, 0.05) is 11.8 Å². The maximum absolute atomic E-state index is 14.2. The highest BCUT2D eigenvalue weighted by Gasteiger charge is 2.30. The van der Waals surface area contributed by atoms with Crippen molar-refractivity contribution in [3.63, 3.8) is 0 Å². The first-order valence-corrected chi connectivity index (χ1v) is 9.47. The minimum atomic E-state index is -2.83. The molecule has 1 heterocycles. The maximum atomic E-state index is 14.2. The number of aromatic nitrogens is 3. The van der Waals surface area contributed by atoms with Gasteiger partial charge in [-0.1, -0.05) is 36.0 Å². The van der Waals surface area contributed by atoms with E-state index in [-0.39, 0.29) is 11.6 Å². The van der Waals surface area contributed by atoms with E-state index in [1.807, 2.05) is 4.57 Å². The van der Waals surface area contributed by atoms with Crippen LogP contribution in [0, 0.1) is 5.82 Å². The minimum absolute atomic E-state index is 0.127. The van der Waals surface area contributed by atoms with E-state index in [1.54, 1.807) is 30.3 Å². The predicted octanol–water partition coefficient (Wildman–Crippen LogP) is 5.31. The molecule has 0 amide bonds. The first-order chi connectivity index (χ1) is 13.1. The molecule has 0 atom stereocenters. The number of alkyl halides is 2. The molecule has 8 heteroatoms. The second kappa shape index (κ2) is 7.64. The van der Waals surface area contributed by atoms with E-state index in [2.05, 4.69) is 14.9 Å². The molecule has 1 aliphatic rings. The molecule has 1 aromatic heterocycles. The lowest BCUT2D eigenvalue weighted by atomic mass is 10.2. The Hall–Kier alpha value is -2.48. The number of rotatable bonds is 7. The standard InChI is InChI=1S/C19H16F3N3OS/c20-16-4-2-1-3-15(16)17-23-24-19(25(17)13-7-8-13)27-11-12-5-9-14(10-6-12)26-18(21)22/h1-6,9-10,13,18H,7-8,11H2. The van der Waals surface area contributed by atoms with Gasteiger partial charge in [-0.15, -0.1) is 10.2 Å². The van der Waals surface area contributed by atoms with Crippen LogP contribution < -0.4 is 4.74 Å². The summed E-state index contributed by atoms with van der Waals surface area (Å²) >= 11 is 1.49. The Morgan fingerprint density at radius 3 is 2.48 bits per heavy atom. The number of hydrogen-bond acceptors (Lipinski definition) is 4. The molecular formula is C19H16F3N3OS. The number of benzene rings is 2. The molecule has 2 aromatic carbocycles. The topological polar surface area (TPSA) is 39.9 Å². The summed E-state index contributed by atoms with van der Waals surface area (Å²) in [5, 5.41) is 9.19. The van der Waals surface area contributed by atoms with Crippen LogP contribution in [0.3, 0.4) is 0 Å². The van der Waals surface area contributed by atoms with Crippen molar-refractivity contribution >= 4 is 11.8 Å². The van der Waals surface area contributed by atoms with E-state index in [0.29, 0.717) is 23.2 Å². The largest absolute Gasteiger partial charge is 0.435 e. The molecule has 0 aliphatic heterocycles. The lowest BCUT2D eigenvalue weighted by Crippen LogP contribution is -2.02. The van der Waals surface area contributed by atoms with Gasteiger partial charge in [-0.05, 0) is 42.7 Å². The Balaban J connectivity index is 1.52. The summed E-state index contributed by atoms with van der Waals surface area (Å²) < 4.78 is 45.0. The summed E-state index contributed by atoms with van der Waals surface area (Å²) in [7, 11) is 0. The van der Waals surface area contributed by atoms with Crippen molar-refractivity contribution in [1.82, 2.24) is 14.8 Å². The molecule has 3 aromatic rings. The van der Waals surface area contributed by atoms with E-state index < -0.39 is 6.61 Å². The van der Waals surface area contributed by atoms with Crippen LogP contribution in [0.1, 0.15) is 24.4 Å². The van der Waals surface area contributed by atoms with Crippen LogP contribution >= 0.6 is 11.8 Å². The van der Waals surface area contributed by atoms with Gasteiger partial charge >= 0.3 is 6.61 Å². The minimum Gasteiger partial charge on any atom is -0.435 e. The van der Waals surface area contributed by atoms with Crippen molar-refractivity contribution in [2.75, 3.05) is 0 Å². The molecule has 4 nitrogen and oxygen atoms in total. The van der Waals surface area contributed by atoms with Crippen molar-refractivity contribution in [2.45, 2.75) is 36.4 Å². The van der Waals surface area contributed by atoms with Crippen molar-refractivity contribution < 1.29 is 17.9 Å². The molecule has 1 aliphatic carbocycles. The van der Waals surface area contributed by atoms with Crippen molar-refractivity contribution in [3.05, 3.63) is 59.9 Å². The highest BCUT2D eigenvalue weighted by Crippen LogP contribution is 2.41. The van der Waals surface area contributed by atoms with Gasteiger partial charge in [0.05, 0.1) is 5.56 Å². The Morgan fingerprint density at radius 2 is 1.81 bits per heavy atom. The van der Waals surface area contributed by atoms with Gasteiger partial charge in [-0.3, -0.25) is 4.57 Å². The number of ether oxygens (including phenoxy) is 1. The van der Waals surface area contributed by atoms with E-state index >= 15 is 0 Å². The molecule has 0 bridgehead atoms. The number of halogens is 3. The normalized spacial score (nSPS) is 13.9. The van der Waals surface area contributed by atoms with Crippen LogP contribution in [-0.2, 0) is 5.75 Å². The zero-order valence-corrected chi connectivity index (χ0v) is 15.0. The number of nitrogens with zero attached hydrogens (tertiary/aromatic N) is 3. The van der Waals surface area contributed by atoms with Gasteiger partial charge in [0.2, 0.25) is 0 Å². The third kappa shape index (κ3) is 4.10. The molecule has 0 saturated heterocycles. The summed E-state index contributed by atoms with van der Waals surface area (Å²) in [6.07, 6.45) is 2.04. The smallest absolute Gasteiger partial charge is 0.387 e. The molecule has 0 spiro atoms.